The van der Waals surface area contributed by atoms with Crippen molar-refractivity contribution in [2.24, 2.45) is 29.6 Å². The maximum absolute atomic E-state index is 14.7. The number of esters is 1. The van der Waals surface area contributed by atoms with Crippen molar-refractivity contribution in [3.63, 3.8) is 0 Å². The number of hydrogen-bond donors (Lipinski definition) is 2. The van der Waals surface area contributed by atoms with Crippen molar-refractivity contribution in [2.75, 3.05) is 80.2 Å². The normalized spacial score (nSPS) is 36.8. The molecule has 0 aromatic carbocycles. The number of nitrogens with zero attached hydrogens (tertiary/aromatic N) is 4. The topological polar surface area (TPSA) is 194 Å². The van der Waals surface area contributed by atoms with Crippen molar-refractivity contribution >= 4 is 29.5 Å². The number of methoxy groups -OCH3 is 3. The van der Waals surface area contributed by atoms with Gasteiger partial charge in [0.25, 0.3) is 11.7 Å². The van der Waals surface area contributed by atoms with Crippen LogP contribution in [0.5, 0.6) is 0 Å². The monoisotopic (exact) mass is 1060 g/mol. The third-order valence-electron chi connectivity index (χ3n) is 17.0. The molecule has 17 nitrogen and oxygen atoms in total. The van der Waals surface area contributed by atoms with E-state index in [2.05, 4.69) is 16.7 Å². The molecule has 1 aliphatic carbocycles. The Labute approximate surface area is 449 Å². The molecule has 2 amide bonds. The second kappa shape index (κ2) is 29.4. The summed E-state index contributed by atoms with van der Waals surface area (Å²) in [5.74, 6) is -7.86. The number of ether oxygens (including phenoxy) is 6. The number of Topliss-reactive ketones (excluding diaryl/α,β-unsaturated/α-hetero) is 2. The Morgan fingerprint density at radius 2 is 1.44 bits per heavy atom. The van der Waals surface area contributed by atoms with E-state index in [0.29, 0.717) is 70.0 Å². The van der Waals surface area contributed by atoms with Crippen LogP contribution in [0.3, 0.4) is 0 Å². The van der Waals surface area contributed by atoms with Crippen LogP contribution in [0.4, 0.5) is 4.79 Å². The third kappa shape index (κ3) is 16.3. The molecule has 4 saturated heterocycles. The van der Waals surface area contributed by atoms with Gasteiger partial charge in [0.1, 0.15) is 30.1 Å². The van der Waals surface area contributed by atoms with Crippen LogP contribution in [0, 0.1) is 29.6 Å². The van der Waals surface area contributed by atoms with Crippen LogP contribution in [0.25, 0.3) is 0 Å². The Balaban J connectivity index is 0.0000104. The van der Waals surface area contributed by atoms with E-state index in [1.54, 1.807) is 25.9 Å². The number of amides is 2. The number of piperidine rings is 1. The second-order valence-electron chi connectivity index (χ2n) is 22.6. The van der Waals surface area contributed by atoms with Gasteiger partial charge in [-0.15, -0.1) is 0 Å². The molecule has 75 heavy (non-hydrogen) atoms. The first-order valence-electron chi connectivity index (χ1n) is 28.1. The number of carbonyl (C=O) groups is 5. The van der Waals surface area contributed by atoms with Gasteiger partial charge in [0.15, 0.2) is 0 Å². The molecule has 5 fully saturated rings. The maximum atomic E-state index is 14.7. The zero-order valence-electron chi connectivity index (χ0n) is 46.3. The fourth-order valence-electron chi connectivity index (χ4n) is 12.4. The Hall–Kier alpha value is -3.55. The summed E-state index contributed by atoms with van der Waals surface area (Å²) in [7, 11) is 4.69. The molecule has 5 heterocycles. The summed E-state index contributed by atoms with van der Waals surface area (Å²) >= 11 is 0. The van der Waals surface area contributed by atoms with Crippen LogP contribution in [-0.4, -0.2) is 194 Å². The number of allylic oxidation sites excluding steroid dienone is 5. The maximum Gasteiger partial charge on any atom is 0.410 e. The van der Waals surface area contributed by atoms with Gasteiger partial charge in [0, 0.05) is 91.3 Å². The number of likely N-dealkylation sites (tertiary alicyclic amines) is 1. The van der Waals surface area contributed by atoms with E-state index in [1.165, 1.54) is 45.1 Å². The van der Waals surface area contributed by atoms with Gasteiger partial charge in [0.05, 0.1) is 24.4 Å². The van der Waals surface area contributed by atoms with E-state index in [9.17, 15) is 34.2 Å². The molecule has 0 aromatic rings. The average Bonchev–Trinajstić information content (AvgIpc) is 3.92. The van der Waals surface area contributed by atoms with Crippen molar-refractivity contribution in [2.45, 2.75) is 193 Å². The molecule has 0 unspecified atom stereocenters. The minimum Gasteiger partial charge on any atom is -0.456 e. The van der Waals surface area contributed by atoms with Gasteiger partial charge >= 0.3 is 12.1 Å². The summed E-state index contributed by atoms with van der Waals surface area (Å²) in [6.45, 7) is 18.6. The first-order chi connectivity index (χ1) is 35.4. The van der Waals surface area contributed by atoms with Gasteiger partial charge in [-0.25, -0.2) is 9.59 Å². The third-order valence-corrected chi connectivity index (χ3v) is 17.0. The lowest BCUT2D eigenvalue weighted by Gasteiger charge is -2.47. The van der Waals surface area contributed by atoms with Gasteiger partial charge in [-0.3, -0.25) is 19.3 Å². The van der Waals surface area contributed by atoms with E-state index in [4.69, 9.17) is 28.4 Å². The molecule has 6 aliphatic rings. The van der Waals surface area contributed by atoms with Crippen LogP contribution in [0.1, 0.15) is 139 Å². The highest BCUT2D eigenvalue weighted by Crippen LogP contribution is 2.40. The number of carbonyl (C=O) groups excluding carboxylic acids is 5. The van der Waals surface area contributed by atoms with Crippen molar-refractivity contribution in [1.29, 1.82) is 0 Å². The molecule has 0 spiro atoms. The molecule has 14 atom stereocenters. The van der Waals surface area contributed by atoms with Gasteiger partial charge in [-0.1, -0.05) is 65.0 Å². The SMILES string of the molecule is C.CC/C=C/C[C@@H]1/C=C(\C)C[C@H](C)C[C@H](OC)[C@H]2O[C@@](O)(C(=O)C(=O)N3CCCC[C@H]3C(=O)O[C@H](/C(C)=C/[C@@H]3CC[C@@H](OC(=O)N4CCN(CCN5CCCC5)CC4)[C@H](OC)C3)[C@H](C)[C@@H](O)CC1=O)[C@H](C)C[C@@H]2OC. The smallest absolute Gasteiger partial charge is 0.410 e. The van der Waals surface area contributed by atoms with Crippen molar-refractivity contribution < 1.29 is 62.6 Å². The van der Waals surface area contributed by atoms with Crippen molar-refractivity contribution in [1.82, 2.24) is 19.6 Å². The standard InChI is InChI=1S/C57H92N4O13.CH4/c1-10-11-12-17-43-31-37(2)30-38(3)32-49(70-8)52-50(71-9)34-40(5)57(68,74-52)53(64)54(65)61-23-14-13-18-44(61)55(66)73-51(41(6)45(62)36-46(43)63)39(4)33-42-19-20-47(48(35-42)69-7)72-56(67)60-28-26-59(27-29-60)25-24-58-21-15-16-22-58;/h11-12,31,33,38,40-45,47-52,62,68H,10,13-30,32,34-36H2,1-9H3;1H4/b12-11+,37-31+,39-33+;/t38-,40+,41+,42-,43+,44-,45-,47+,48+,49-,50-,51+,52+,57+;/m0./s1. The first-order valence-corrected chi connectivity index (χ1v) is 28.1. The predicted molar refractivity (Wildman–Crippen MR) is 287 cm³/mol. The molecule has 0 radical (unpaired) electrons. The number of aliphatic hydroxyl groups excluding tert-OH is 1. The zero-order chi connectivity index (χ0) is 53.7. The number of fused-ring (bicyclic) bond motifs is 3. The summed E-state index contributed by atoms with van der Waals surface area (Å²) in [4.78, 5) is 79.4. The molecule has 426 valence electrons. The Kier molecular flexibility index (Phi) is 24.4. The summed E-state index contributed by atoms with van der Waals surface area (Å²) < 4.78 is 36.7. The van der Waals surface area contributed by atoms with Crippen LogP contribution < -0.4 is 0 Å². The summed E-state index contributed by atoms with van der Waals surface area (Å²) in [6, 6.07) is -1.17. The van der Waals surface area contributed by atoms with Crippen LogP contribution >= 0.6 is 0 Å². The minimum atomic E-state index is -2.53. The van der Waals surface area contributed by atoms with Crippen LogP contribution in [0.15, 0.2) is 35.5 Å². The Morgan fingerprint density at radius 1 is 0.800 bits per heavy atom. The number of rotatable bonds is 12. The lowest BCUT2D eigenvalue weighted by Crippen LogP contribution is -2.64. The number of hydrogen-bond acceptors (Lipinski definition) is 15. The largest absolute Gasteiger partial charge is 0.456 e. The van der Waals surface area contributed by atoms with E-state index < -0.39 is 90.0 Å². The molecule has 0 aromatic heterocycles. The molecule has 2 bridgehead atoms. The lowest BCUT2D eigenvalue weighted by molar-refractivity contribution is -0.302. The van der Waals surface area contributed by atoms with Gasteiger partial charge in [-0.05, 0) is 128 Å². The van der Waals surface area contributed by atoms with Crippen LogP contribution in [0.2, 0.25) is 0 Å². The first kappa shape index (κ1) is 62.3. The Morgan fingerprint density at radius 3 is 2.09 bits per heavy atom. The molecule has 1 saturated carbocycles. The number of ketones is 2. The Bertz CT molecular complexity index is 1970. The number of piperazine rings is 1. The van der Waals surface area contributed by atoms with Crippen molar-refractivity contribution in [3.8, 4) is 0 Å². The van der Waals surface area contributed by atoms with Gasteiger partial charge in [-0.2, -0.15) is 0 Å². The molecular weight excluding hydrogens is 961 g/mol. The fraction of sp³-hybridized carbons (Fsp3) is 0.810. The number of aliphatic hydroxyl groups is 2. The fourth-order valence-corrected chi connectivity index (χ4v) is 12.4. The average molecular weight is 1060 g/mol. The lowest BCUT2D eigenvalue weighted by atomic mass is 9.81. The molecular formula is C58H96N4O13. The highest BCUT2D eigenvalue weighted by Gasteiger charge is 2.57. The van der Waals surface area contributed by atoms with E-state index in [1.807, 2.05) is 45.1 Å². The number of cyclic esters (lactones) is 1. The summed E-state index contributed by atoms with van der Waals surface area (Å²) in [5.41, 5.74) is 1.63. The highest BCUT2D eigenvalue weighted by atomic mass is 16.7. The summed E-state index contributed by atoms with van der Waals surface area (Å²) in [5, 5.41) is 24.3. The second-order valence-corrected chi connectivity index (χ2v) is 22.6. The van der Waals surface area contributed by atoms with Gasteiger partial charge in [0.2, 0.25) is 5.79 Å². The van der Waals surface area contributed by atoms with E-state index in [0.717, 1.165) is 38.2 Å². The zero-order valence-corrected chi connectivity index (χ0v) is 46.3. The minimum absolute atomic E-state index is 0. The van der Waals surface area contributed by atoms with E-state index >= 15 is 0 Å². The molecule has 6 rings (SSSR count). The van der Waals surface area contributed by atoms with E-state index in [-0.39, 0.29) is 56.9 Å². The van der Waals surface area contributed by atoms with Gasteiger partial charge < -0.3 is 53.3 Å². The highest BCUT2D eigenvalue weighted by molar-refractivity contribution is 6.39. The van der Waals surface area contributed by atoms with Crippen molar-refractivity contribution in [3.05, 3.63) is 35.5 Å². The van der Waals surface area contributed by atoms with Crippen LogP contribution in [-0.2, 0) is 47.6 Å². The molecule has 17 heteroatoms. The molecule has 2 N–H and O–H groups in total. The quantitative estimate of drug-likeness (QED) is 0.116. The summed E-state index contributed by atoms with van der Waals surface area (Å²) in [6.07, 6.45) is 10.4. The predicted octanol–water partition coefficient (Wildman–Crippen LogP) is 6.91. The molecule has 5 aliphatic heterocycles.